The molecule has 1 amide bonds. The van der Waals surface area contributed by atoms with Crippen LogP contribution in [0.4, 0.5) is 0 Å². The SMILES string of the molecule is CC(C)(C)c1nnc2n1CNC(=O)C2. The van der Waals surface area contributed by atoms with E-state index in [9.17, 15) is 4.79 Å². The number of nitrogens with one attached hydrogen (secondary N) is 1. The van der Waals surface area contributed by atoms with E-state index in [4.69, 9.17) is 0 Å². The molecule has 0 saturated heterocycles. The van der Waals surface area contributed by atoms with Gasteiger partial charge in [-0.1, -0.05) is 20.8 Å². The van der Waals surface area contributed by atoms with Crippen LogP contribution in [0.25, 0.3) is 0 Å². The molecule has 76 valence electrons. The minimum Gasteiger partial charge on any atom is -0.338 e. The highest BCUT2D eigenvalue weighted by molar-refractivity contribution is 5.78. The van der Waals surface area contributed by atoms with Gasteiger partial charge in [0.05, 0.1) is 13.1 Å². The first-order chi connectivity index (χ1) is 6.48. The van der Waals surface area contributed by atoms with Crippen molar-refractivity contribution in [3.8, 4) is 0 Å². The molecule has 0 aromatic carbocycles. The van der Waals surface area contributed by atoms with Gasteiger partial charge in [-0.2, -0.15) is 0 Å². The maximum Gasteiger partial charge on any atom is 0.229 e. The number of hydrogen-bond acceptors (Lipinski definition) is 3. The Morgan fingerprint density at radius 1 is 1.36 bits per heavy atom. The van der Waals surface area contributed by atoms with Crippen LogP contribution in [0.15, 0.2) is 0 Å². The van der Waals surface area contributed by atoms with Crippen molar-refractivity contribution in [3.05, 3.63) is 11.6 Å². The largest absolute Gasteiger partial charge is 0.338 e. The Morgan fingerprint density at radius 2 is 2.07 bits per heavy atom. The second-order valence-electron chi connectivity index (χ2n) is 4.55. The molecule has 2 rings (SSSR count). The van der Waals surface area contributed by atoms with E-state index in [2.05, 4.69) is 36.3 Å². The third kappa shape index (κ3) is 1.38. The van der Waals surface area contributed by atoms with Gasteiger partial charge in [0, 0.05) is 5.41 Å². The summed E-state index contributed by atoms with van der Waals surface area (Å²) >= 11 is 0. The highest BCUT2D eigenvalue weighted by atomic mass is 16.1. The standard InChI is InChI=1S/C9H14N4O/c1-9(2,3)8-12-11-6-4-7(14)10-5-13(6)8/h4-5H2,1-3H3,(H,10,14). The van der Waals surface area contributed by atoms with E-state index in [-0.39, 0.29) is 11.3 Å². The number of carbonyl (C=O) groups excluding carboxylic acids is 1. The van der Waals surface area contributed by atoms with Crippen molar-refractivity contribution < 1.29 is 4.79 Å². The van der Waals surface area contributed by atoms with Crippen LogP contribution in [-0.4, -0.2) is 20.7 Å². The fourth-order valence-corrected chi connectivity index (χ4v) is 1.56. The molecule has 0 fully saturated rings. The lowest BCUT2D eigenvalue weighted by atomic mass is 9.95. The van der Waals surface area contributed by atoms with Gasteiger partial charge in [0.15, 0.2) is 0 Å². The van der Waals surface area contributed by atoms with Gasteiger partial charge in [-0.05, 0) is 0 Å². The van der Waals surface area contributed by atoms with Crippen molar-refractivity contribution in [3.63, 3.8) is 0 Å². The molecule has 0 bridgehead atoms. The second kappa shape index (κ2) is 2.80. The number of hydrogen-bond donors (Lipinski definition) is 1. The molecule has 5 nitrogen and oxygen atoms in total. The first kappa shape index (κ1) is 9.18. The van der Waals surface area contributed by atoms with Gasteiger partial charge < -0.3 is 5.32 Å². The van der Waals surface area contributed by atoms with Crippen molar-refractivity contribution in [1.82, 2.24) is 20.1 Å². The molecule has 1 aliphatic heterocycles. The topological polar surface area (TPSA) is 59.8 Å². The van der Waals surface area contributed by atoms with Crippen LogP contribution in [0.5, 0.6) is 0 Å². The molecule has 0 saturated carbocycles. The normalized spacial score (nSPS) is 16.4. The van der Waals surface area contributed by atoms with Gasteiger partial charge in [0.2, 0.25) is 5.91 Å². The summed E-state index contributed by atoms with van der Waals surface area (Å²) in [6.07, 6.45) is 0.336. The third-order valence-corrected chi connectivity index (χ3v) is 2.25. The van der Waals surface area contributed by atoms with Crippen molar-refractivity contribution >= 4 is 5.91 Å². The maximum atomic E-state index is 11.1. The van der Waals surface area contributed by atoms with E-state index in [1.165, 1.54) is 0 Å². The third-order valence-electron chi connectivity index (χ3n) is 2.25. The molecule has 1 aromatic heterocycles. The number of fused-ring (bicyclic) bond motifs is 1. The van der Waals surface area contributed by atoms with Crippen molar-refractivity contribution in [2.75, 3.05) is 0 Å². The molecule has 0 spiro atoms. The zero-order chi connectivity index (χ0) is 10.3. The summed E-state index contributed by atoms with van der Waals surface area (Å²) in [4.78, 5) is 11.1. The second-order valence-corrected chi connectivity index (χ2v) is 4.55. The summed E-state index contributed by atoms with van der Waals surface area (Å²) in [7, 11) is 0. The van der Waals surface area contributed by atoms with Crippen molar-refractivity contribution in [2.24, 2.45) is 0 Å². The summed E-state index contributed by atoms with van der Waals surface area (Å²) in [6, 6.07) is 0. The molecular weight excluding hydrogens is 180 g/mol. The minimum absolute atomic E-state index is 0.0189. The van der Waals surface area contributed by atoms with Gasteiger partial charge in [0.25, 0.3) is 0 Å². The van der Waals surface area contributed by atoms with Crippen LogP contribution in [0, 0.1) is 0 Å². The number of rotatable bonds is 0. The number of amides is 1. The molecule has 14 heavy (non-hydrogen) atoms. The summed E-state index contributed by atoms with van der Waals surface area (Å²) < 4.78 is 1.97. The van der Waals surface area contributed by atoms with Crippen LogP contribution >= 0.6 is 0 Å². The molecule has 5 heteroatoms. The van der Waals surface area contributed by atoms with Gasteiger partial charge in [-0.25, -0.2) is 0 Å². The van der Waals surface area contributed by atoms with Gasteiger partial charge in [-0.15, -0.1) is 10.2 Å². The Hall–Kier alpha value is -1.39. The molecule has 1 aromatic rings. The zero-order valence-electron chi connectivity index (χ0n) is 8.66. The highest BCUT2D eigenvalue weighted by Gasteiger charge is 2.26. The Labute approximate surface area is 82.5 Å². The van der Waals surface area contributed by atoms with E-state index in [0.717, 1.165) is 11.6 Å². The lowest BCUT2D eigenvalue weighted by molar-refractivity contribution is -0.121. The fraction of sp³-hybridized carbons (Fsp3) is 0.667. The predicted octanol–water partition coefficient (Wildman–Crippen LogP) is 0.205. The lowest BCUT2D eigenvalue weighted by Crippen LogP contribution is -2.36. The monoisotopic (exact) mass is 194 g/mol. The molecule has 1 aliphatic rings. The Morgan fingerprint density at radius 3 is 2.71 bits per heavy atom. The molecule has 0 radical (unpaired) electrons. The van der Waals surface area contributed by atoms with Crippen LogP contribution in [0.1, 0.15) is 32.4 Å². The maximum absolute atomic E-state index is 11.1. The first-order valence-electron chi connectivity index (χ1n) is 4.68. The predicted molar refractivity (Wildman–Crippen MR) is 50.6 cm³/mol. The van der Waals surface area contributed by atoms with Crippen LogP contribution < -0.4 is 5.32 Å². The summed E-state index contributed by atoms with van der Waals surface area (Å²) in [5.74, 6) is 1.71. The van der Waals surface area contributed by atoms with Crippen LogP contribution in [0.2, 0.25) is 0 Å². The Balaban J connectivity index is 2.43. The van der Waals surface area contributed by atoms with Crippen LogP contribution in [-0.2, 0) is 23.3 Å². The average molecular weight is 194 g/mol. The Bertz CT molecular complexity index is 375. The molecule has 2 heterocycles. The quantitative estimate of drug-likeness (QED) is 0.642. The van der Waals surface area contributed by atoms with Crippen molar-refractivity contribution in [1.29, 1.82) is 0 Å². The average Bonchev–Trinajstić information content (AvgIpc) is 2.45. The summed E-state index contributed by atoms with van der Waals surface area (Å²) in [5, 5.41) is 10.9. The molecule has 0 atom stereocenters. The molecule has 0 aliphatic carbocycles. The smallest absolute Gasteiger partial charge is 0.229 e. The van der Waals surface area contributed by atoms with E-state index in [0.29, 0.717) is 13.1 Å². The zero-order valence-corrected chi connectivity index (χ0v) is 8.66. The van der Waals surface area contributed by atoms with Crippen LogP contribution in [0.3, 0.4) is 0 Å². The molecule has 0 unspecified atom stereocenters. The summed E-state index contributed by atoms with van der Waals surface area (Å²) in [6.45, 7) is 6.75. The number of carbonyl (C=O) groups is 1. The van der Waals surface area contributed by atoms with E-state index < -0.39 is 0 Å². The molecule has 1 N–H and O–H groups in total. The van der Waals surface area contributed by atoms with Gasteiger partial charge in [0.1, 0.15) is 11.6 Å². The number of nitrogens with zero attached hydrogens (tertiary/aromatic N) is 3. The number of aromatic nitrogens is 3. The first-order valence-corrected chi connectivity index (χ1v) is 4.68. The molecular formula is C9H14N4O. The van der Waals surface area contributed by atoms with Gasteiger partial charge in [-0.3, -0.25) is 9.36 Å². The summed E-state index contributed by atoms with van der Waals surface area (Å²) in [5.41, 5.74) is -0.0344. The highest BCUT2D eigenvalue weighted by Crippen LogP contribution is 2.21. The van der Waals surface area contributed by atoms with Crippen molar-refractivity contribution in [2.45, 2.75) is 39.3 Å². The van der Waals surface area contributed by atoms with E-state index in [1.807, 2.05) is 4.57 Å². The van der Waals surface area contributed by atoms with E-state index >= 15 is 0 Å². The minimum atomic E-state index is -0.0344. The fourth-order valence-electron chi connectivity index (χ4n) is 1.56. The van der Waals surface area contributed by atoms with E-state index in [1.54, 1.807) is 0 Å². The Kier molecular flexibility index (Phi) is 1.83. The lowest BCUT2D eigenvalue weighted by Gasteiger charge is -2.22. The van der Waals surface area contributed by atoms with Gasteiger partial charge >= 0.3 is 0 Å².